The molecule has 106 valence electrons. The van der Waals surface area contributed by atoms with Gasteiger partial charge in [0.25, 0.3) is 5.69 Å². The summed E-state index contributed by atoms with van der Waals surface area (Å²) in [5.74, 6) is 0. The average molecular weight is 302 g/mol. The molecule has 3 aromatic rings. The number of thiazole rings is 1. The third kappa shape index (κ3) is 2.61. The third-order valence-corrected chi connectivity index (χ3v) is 3.75. The first-order valence-electron chi connectivity index (χ1n) is 6.07. The van der Waals surface area contributed by atoms with Gasteiger partial charge in [-0.2, -0.15) is 0 Å². The highest BCUT2D eigenvalue weighted by atomic mass is 32.1. The predicted octanol–water partition coefficient (Wildman–Crippen LogP) is 2.50. The zero-order valence-electron chi connectivity index (χ0n) is 10.7. The standard InChI is InChI=1S/C13H10N4O3S/c18-13-16-8(7-21-13)5-15-11-1-2-12(17(19)20)10-6-14-4-3-9(10)11/h1-4,6-7,15H,5H2,(H,16,18). The van der Waals surface area contributed by atoms with Gasteiger partial charge in [-0.05, 0) is 12.1 Å². The van der Waals surface area contributed by atoms with Crippen molar-refractivity contribution in [2.75, 3.05) is 5.32 Å². The summed E-state index contributed by atoms with van der Waals surface area (Å²) in [6.07, 6.45) is 3.06. The number of hydrogen-bond donors (Lipinski definition) is 2. The van der Waals surface area contributed by atoms with E-state index in [1.807, 2.05) is 0 Å². The fourth-order valence-electron chi connectivity index (χ4n) is 2.08. The number of fused-ring (bicyclic) bond motifs is 1. The summed E-state index contributed by atoms with van der Waals surface area (Å²) in [6, 6.07) is 4.83. The fraction of sp³-hybridized carbons (Fsp3) is 0.0769. The van der Waals surface area contributed by atoms with Gasteiger partial charge in [-0.1, -0.05) is 11.3 Å². The van der Waals surface area contributed by atoms with E-state index in [0.29, 0.717) is 11.9 Å². The van der Waals surface area contributed by atoms with Gasteiger partial charge in [0.15, 0.2) is 0 Å². The Morgan fingerprint density at radius 3 is 2.90 bits per heavy atom. The van der Waals surface area contributed by atoms with E-state index in [-0.39, 0.29) is 10.6 Å². The Bertz CT molecular complexity index is 871. The van der Waals surface area contributed by atoms with E-state index < -0.39 is 4.92 Å². The molecule has 0 aliphatic rings. The summed E-state index contributed by atoms with van der Waals surface area (Å²) in [7, 11) is 0. The van der Waals surface area contributed by atoms with E-state index in [4.69, 9.17) is 0 Å². The number of nitrogens with one attached hydrogen (secondary N) is 2. The first-order valence-corrected chi connectivity index (χ1v) is 6.95. The molecule has 7 nitrogen and oxygen atoms in total. The van der Waals surface area contributed by atoms with Crippen LogP contribution in [0.2, 0.25) is 0 Å². The van der Waals surface area contributed by atoms with E-state index in [1.54, 1.807) is 23.7 Å². The molecule has 0 saturated heterocycles. The lowest BCUT2D eigenvalue weighted by atomic mass is 10.1. The van der Waals surface area contributed by atoms with Crippen molar-refractivity contribution in [1.29, 1.82) is 0 Å². The van der Waals surface area contributed by atoms with Crippen molar-refractivity contribution in [1.82, 2.24) is 9.97 Å². The molecule has 0 fully saturated rings. The lowest BCUT2D eigenvalue weighted by Crippen LogP contribution is -2.03. The Kier molecular flexibility index (Phi) is 3.36. The zero-order valence-corrected chi connectivity index (χ0v) is 11.5. The van der Waals surface area contributed by atoms with Gasteiger partial charge in [0.05, 0.1) is 16.9 Å². The summed E-state index contributed by atoms with van der Waals surface area (Å²) in [5.41, 5.74) is 1.54. The van der Waals surface area contributed by atoms with Gasteiger partial charge in [0.1, 0.15) is 0 Å². The Morgan fingerprint density at radius 1 is 1.33 bits per heavy atom. The smallest absolute Gasteiger partial charge is 0.304 e. The van der Waals surface area contributed by atoms with Crippen LogP contribution in [0.5, 0.6) is 0 Å². The van der Waals surface area contributed by atoms with Crippen molar-refractivity contribution in [3.05, 3.63) is 61.4 Å². The highest BCUT2D eigenvalue weighted by Gasteiger charge is 2.14. The number of anilines is 1. The number of aromatic amines is 1. The lowest BCUT2D eigenvalue weighted by Gasteiger charge is -2.09. The van der Waals surface area contributed by atoms with E-state index in [0.717, 1.165) is 28.1 Å². The Morgan fingerprint density at radius 2 is 2.19 bits per heavy atom. The van der Waals surface area contributed by atoms with E-state index in [1.165, 1.54) is 12.3 Å². The normalized spacial score (nSPS) is 10.7. The van der Waals surface area contributed by atoms with Crippen LogP contribution in [0.15, 0.2) is 40.8 Å². The van der Waals surface area contributed by atoms with Crippen molar-refractivity contribution >= 4 is 33.5 Å². The summed E-state index contributed by atoms with van der Waals surface area (Å²) in [5, 5.41) is 17.1. The minimum absolute atomic E-state index is 0.0209. The molecule has 0 saturated carbocycles. The van der Waals surface area contributed by atoms with Crippen LogP contribution in [-0.2, 0) is 6.54 Å². The number of hydrogen-bond acceptors (Lipinski definition) is 6. The maximum Gasteiger partial charge on any atom is 0.304 e. The molecular weight excluding hydrogens is 292 g/mol. The molecule has 0 bridgehead atoms. The summed E-state index contributed by atoms with van der Waals surface area (Å²) in [6.45, 7) is 0.438. The summed E-state index contributed by atoms with van der Waals surface area (Å²) in [4.78, 5) is 28.2. The van der Waals surface area contributed by atoms with Crippen LogP contribution >= 0.6 is 11.3 Å². The number of nitro benzene ring substituents is 1. The van der Waals surface area contributed by atoms with Gasteiger partial charge < -0.3 is 10.3 Å². The minimum Gasteiger partial charge on any atom is -0.379 e. The molecule has 3 rings (SSSR count). The van der Waals surface area contributed by atoms with Crippen molar-refractivity contribution < 1.29 is 4.92 Å². The molecule has 0 aliphatic carbocycles. The van der Waals surface area contributed by atoms with E-state index in [2.05, 4.69) is 15.3 Å². The molecule has 8 heteroatoms. The van der Waals surface area contributed by atoms with Crippen LogP contribution in [0.4, 0.5) is 11.4 Å². The largest absolute Gasteiger partial charge is 0.379 e. The van der Waals surface area contributed by atoms with Crippen molar-refractivity contribution in [3.8, 4) is 0 Å². The number of non-ortho nitro benzene ring substituents is 1. The average Bonchev–Trinajstić information content (AvgIpc) is 2.90. The molecule has 0 amide bonds. The number of nitro groups is 1. The molecule has 21 heavy (non-hydrogen) atoms. The van der Waals surface area contributed by atoms with Gasteiger partial charge in [-0.15, -0.1) is 0 Å². The maximum atomic E-state index is 11.1. The van der Waals surface area contributed by atoms with Gasteiger partial charge in [-0.25, -0.2) is 0 Å². The summed E-state index contributed by atoms with van der Waals surface area (Å²) >= 11 is 1.10. The molecule has 0 atom stereocenters. The molecule has 0 aliphatic heterocycles. The molecule has 1 aromatic carbocycles. The highest BCUT2D eigenvalue weighted by molar-refractivity contribution is 7.07. The molecule has 0 radical (unpaired) electrons. The second kappa shape index (κ2) is 5.33. The van der Waals surface area contributed by atoms with Gasteiger partial charge >= 0.3 is 4.87 Å². The van der Waals surface area contributed by atoms with Gasteiger partial charge in [0, 0.05) is 40.6 Å². The van der Waals surface area contributed by atoms with Crippen molar-refractivity contribution in [2.45, 2.75) is 6.54 Å². The first-order chi connectivity index (χ1) is 10.1. The zero-order chi connectivity index (χ0) is 14.8. The molecule has 2 N–H and O–H groups in total. The predicted molar refractivity (Wildman–Crippen MR) is 80.7 cm³/mol. The number of benzene rings is 1. The lowest BCUT2D eigenvalue weighted by molar-refractivity contribution is -0.383. The number of aromatic nitrogens is 2. The Labute approximate surface area is 122 Å². The monoisotopic (exact) mass is 302 g/mol. The SMILES string of the molecule is O=c1[nH]c(CNc2ccc([N+](=O)[O-])c3cnccc23)cs1. The van der Waals surface area contributed by atoms with Gasteiger partial charge in [-0.3, -0.25) is 19.9 Å². The van der Waals surface area contributed by atoms with E-state index >= 15 is 0 Å². The minimum atomic E-state index is -0.426. The highest BCUT2D eigenvalue weighted by Crippen LogP contribution is 2.30. The number of rotatable bonds is 4. The fourth-order valence-corrected chi connectivity index (χ4v) is 2.66. The van der Waals surface area contributed by atoms with Gasteiger partial charge in [0.2, 0.25) is 0 Å². The molecule has 0 unspecified atom stereocenters. The Balaban J connectivity index is 1.97. The maximum absolute atomic E-state index is 11.1. The second-order valence-electron chi connectivity index (χ2n) is 4.34. The molecule has 2 heterocycles. The Hall–Kier alpha value is -2.74. The van der Waals surface area contributed by atoms with E-state index in [9.17, 15) is 14.9 Å². The quantitative estimate of drug-likeness (QED) is 0.569. The molecular formula is C13H10N4O3S. The third-order valence-electron chi connectivity index (χ3n) is 3.03. The topological polar surface area (TPSA) is 101 Å². The number of nitrogens with zero attached hydrogens (tertiary/aromatic N) is 2. The van der Waals surface area contributed by atoms with Crippen molar-refractivity contribution in [2.24, 2.45) is 0 Å². The van der Waals surface area contributed by atoms with Crippen LogP contribution in [-0.4, -0.2) is 14.9 Å². The number of pyridine rings is 1. The van der Waals surface area contributed by atoms with Crippen LogP contribution in [0.1, 0.15) is 5.69 Å². The van der Waals surface area contributed by atoms with Crippen molar-refractivity contribution in [3.63, 3.8) is 0 Å². The molecule has 0 spiro atoms. The number of H-pyrrole nitrogens is 1. The first kappa shape index (κ1) is 13.3. The second-order valence-corrected chi connectivity index (χ2v) is 5.18. The van der Waals surface area contributed by atoms with Crippen LogP contribution in [0.3, 0.4) is 0 Å². The van der Waals surface area contributed by atoms with Crippen LogP contribution in [0, 0.1) is 10.1 Å². The van der Waals surface area contributed by atoms with Crippen LogP contribution < -0.4 is 10.2 Å². The van der Waals surface area contributed by atoms with Crippen LogP contribution in [0.25, 0.3) is 10.8 Å². The summed E-state index contributed by atoms with van der Waals surface area (Å²) < 4.78 is 0. The molecule has 2 aromatic heterocycles.